The van der Waals surface area contributed by atoms with Crippen molar-refractivity contribution in [2.45, 2.75) is 19.9 Å². The van der Waals surface area contributed by atoms with E-state index in [1.807, 2.05) is 30.9 Å². The summed E-state index contributed by atoms with van der Waals surface area (Å²) in [7, 11) is 2.10. The van der Waals surface area contributed by atoms with Crippen LogP contribution in [0.2, 0.25) is 0 Å². The molecule has 158 valence electrons. The summed E-state index contributed by atoms with van der Waals surface area (Å²) in [6.07, 6.45) is 1.56. The lowest BCUT2D eigenvalue weighted by Crippen LogP contribution is -2.44. The number of benzene rings is 1. The number of nitrogens with one attached hydrogen (secondary N) is 1. The predicted molar refractivity (Wildman–Crippen MR) is 115 cm³/mol. The highest BCUT2D eigenvalue weighted by Crippen LogP contribution is 2.23. The minimum absolute atomic E-state index is 0.00491. The van der Waals surface area contributed by atoms with E-state index in [0.717, 1.165) is 17.8 Å². The van der Waals surface area contributed by atoms with Crippen LogP contribution in [-0.2, 0) is 4.74 Å². The van der Waals surface area contributed by atoms with E-state index in [1.165, 1.54) is 0 Å². The van der Waals surface area contributed by atoms with Crippen molar-refractivity contribution in [3.05, 3.63) is 58.9 Å². The molecule has 3 heterocycles. The summed E-state index contributed by atoms with van der Waals surface area (Å²) in [5.41, 5.74) is 3.47. The predicted octanol–water partition coefficient (Wildman–Crippen LogP) is 2.35. The van der Waals surface area contributed by atoms with Crippen molar-refractivity contribution < 1.29 is 14.3 Å². The lowest BCUT2D eigenvalue weighted by molar-refractivity contribution is 0.0433. The third kappa shape index (κ3) is 4.37. The molecule has 30 heavy (non-hydrogen) atoms. The molecule has 0 radical (unpaired) electrons. The van der Waals surface area contributed by atoms with E-state index in [9.17, 15) is 9.59 Å². The fourth-order valence-corrected chi connectivity index (χ4v) is 4.08. The average molecular weight is 409 g/mol. The van der Waals surface area contributed by atoms with Gasteiger partial charge in [-0.05, 0) is 50.7 Å². The Labute approximate surface area is 177 Å². The lowest BCUT2D eigenvalue weighted by Gasteiger charge is -2.30. The number of carbonyl (C=O) groups is 2. The molecule has 1 N–H and O–H groups in total. The number of aryl methyl sites for hydroxylation is 2. The molecule has 1 aromatic carbocycles. The van der Waals surface area contributed by atoms with Crippen LogP contribution in [0, 0.1) is 19.8 Å². The number of carbonyl (C=O) groups excluding carboxylic acids is 2. The van der Waals surface area contributed by atoms with Crippen molar-refractivity contribution in [1.82, 2.24) is 14.8 Å². The second kappa shape index (κ2) is 8.53. The van der Waals surface area contributed by atoms with Crippen molar-refractivity contribution in [3.63, 3.8) is 0 Å². The van der Waals surface area contributed by atoms with E-state index in [4.69, 9.17) is 4.74 Å². The molecular weight excluding hydrogens is 380 g/mol. The first kappa shape index (κ1) is 20.5. The Hall–Kier alpha value is -2.77. The number of amides is 2. The SMILES string of the molecule is Cc1ccc(C(=O)Nc2cc(C(=O)N3C[C@@H]4COC[C@H](C3)N(C)C4)ccc2C)cn1. The summed E-state index contributed by atoms with van der Waals surface area (Å²) in [6.45, 7) is 7.40. The van der Waals surface area contributed by atoms with Gasteiger partial charge in [0.15, 0.2) is 0 Å². The first-order valence-corrected chi connectivity index (χ1v) is 10.3. The molecule has 7 heteroatoms. The van der Waals surface area contributed by atoms with Gasteiger partial charge in [-0.2, -0.15) is 0 Å². The summed E-state index contributed by atoms with van der Waals surface area (Å²) in [6, 6.07) is 9.25. The Bertz CT molecular complexity index is 944. The van der Waals surface area contributed by atoms with Crippen LogP contribution in [0.15, 0.2) is 36.5 Å². The number of likely N-dealkylation sites (N-methyl/N-ethyl adjacent to an activating group) is 1. The van der Waals surface area contributed by atoms with Crippen molar-refractivity contribution >= 4 is 17.5 Å². The Morgan fingerprint density at radius 2 is 1.87 bits per heavy atom. The van der Waals surface area contributed by atoms with Crippen LogP contribution in [-0.4, -0.2) is 72.5 Å². The van der Waals surface area contributed by atoms with Gasteiger partial charge in [-0.1, -0.05) is 6.07 Å². The van der Waals surface area contributed by atoms with E-state index in [-0.39, 0.29) is 17.9 Å². The molecule has 4 rings (SSSR count). The van der Waals surface area contributed by atoms with Crippen LogP contribution in [0.4, 0.5) is 5.69 Å². The molecule has 0 spiro atoms. The van der Waals surface area contributed by atoms with E-state index < -0.39 is 0 Å². The van der Waals surface area contributed by atoms with Crippen LogP contribution >= 0.6 is 0 Å². The van der Waals surface area contributed by atoms with Gasteiger partial charge in [0.2, 0.25) is 0 Å². The first-order valence-electron chi connectivity index (χ1n) is 10.3. The summed E-state index contributed by atoms with van der Waals surface area (Å²) in [5, 5.41) is 2.93. The Morgan fingerprint density at radius 3 is 2.63 bits per heavy atom. The number of hydrogen-bond donors (Lipinski definition) is 1. The number of rotatable bonds is 3. The highest BCUT2D eigenvalue weighted by molar-refractivity contribution is 6.05. The van der Waals surface area contributed by atoms with Gasteiger partial charge in [-0.25, -0.2) is 0 Å². The van der Waals surface area contributed by atoms with Gasteiger partial charge >= 0.3 is 0 Å². The molecule has 7 nitrogen and oxygen atoms in total. The van der Waals surface area contributed by atoms with Gasteiger partial charge < -0.3 is 15.0 Å². The second-order valence-corrected chi connectivity index (χ2v) is 8.38. The van der Waals surface area contributed by atoms with E-state index in [0.29, 0.717) is 49.0 Å². The molecule has 2 aliphatic heterocycles. The number of aromatic nitrogens is 1. The van der Waals surface area contributed by atoms with Gasteiger partial charge in [-0.3, -0.25) is 19.5 Å². The van der Waals surface area contributed by atoms with Crippen molar-refractivity contribution in [1.29, 1.82) is 0 Å². The minimum Gasteiger partial charge on any atom is -0.379 e. The van der Waals surface area contributed by atoms with Crippen molar-refractivity contribution in [2.24, 2.45) is 5.92 Å². The number of ether oxygens (including phenoxy) is 1. The monoisotopic (exact) mass is 408 g/mol. The maximum atomic E-state index is 13.3. The average Bonchev–Trinajstić information content (AvgIpc) is 2.98. The number of anilines is 1. The van der Waals surface area contributed by atoms with E-state index >= 15 is 0 Å². The second-order valence-electron chi connectivity index (χ2n) is 8.38. The maximum Gasteiger partial charge on any atom is 0.257 e. The Morgan fingerprint density at radius 1 is 1.07 bits per heavy atom. The normalized spacial score (nSPS) is 21.8. The zero-order chi connectivity index (χ0) is 21.3. The molecule has 0 saturated carbocycles. The summed E-state index contributed by atoms with van der Waals surface area (Å²) >= 11 is 0. The number of fused-ring (bicyclic) bond motifs is 3. The lowest BCUT2D eigenvalue weighted by atomic mass is 10.1. The molecule has 0 aliphatic carbocycles. The van der Waals surface area contributed by atoms with Crippen LogP contribution in [0.25, 0.3) is 0 Å². The maximum absolute atomic E-state index is 13.3. The van der Waals surface area contributed by atoms with Crippen LogP contribution in [0.1, 0.15) is 32.0 Å². The van der Waals surface area contributed by atoms with Gasteiger partial charge in [0.25, 0.3) is 11.8 Å². The highest BCUT2D eigenvalue weighted by atomic mass is 16.5. The molecule has 0 unspecified atom stereocenters. The Kier molecular flexibility index (Phi) is 5.83. The number of pyridine rings is 1. The molecule has 2 fully saturated rings. The zero-order valence-electron chi connectivity index (χ0n) is 17.7. The van der Waals surface area contributed by atoms with Gasteiger partial charge in [0, 0.05) is 48.7 Å². The minimum atomic E-state index is -0.238. The molecule has 2 aliphatic rings. The van der Waals surface area contributed by atoms with E-state index in [1.54, 1.807) is 24.4 Å². The number of nitrogens with zero attached hydrogens (tertiary/aromatic N) is 3. The van der Waals surface area contributed by atoms with Gasteiger partial charge in [0.05, 0.1) is 24.8 Å². The van der Waals surface area contributed by atoms with Gasteiger partial charge in [0.1, 0.15) is 0 Å². The summed E-state index contributed by atoms with van der Waals surface area (Å²) in [5.74, 6) is 0.0677. The Balaban J connectivity index is 1.53. The topological polar surface area (TPSA) is 74.8 Å². The molecule has 2 aromatic rings. The van der Waals surface area contributed by atoms with Crippen molar-refractivity contribution in [2.75, 3.05) is 45.2 Å². The third-order valence-electron chi connectivity index (χ3n) is 5.94. The highest BCUT2D eigenvalue weighted by Gasteiger charge is 2.33. The summed E-state index contributed by atoms with van der Waals surface area (Å²) in [4.78, 5) is 34.3. The molecular formula is C23H28N4O3. The quantitative estimate of drug-likeness (QED) is 0.844. The van der Waals surface area contributed by atoms with Crippen LogP contribution in [0.5, 0.6) is 0 Å². The number of hydrogen-bond acceptors (Lipinski definition) is 5. The van der Waals surface area contributed by atoms with Crippen LogP contribution in [0.3, 0.4) is 0 Å². The van der Waals surface area contributed by atoms with Crippen molar-refractivity contribution in [3.8, 4) is 0 Å². The smallest absolute Gasteiger partial charge is 0.257 e. The molecule has 2 amide bonds. The fraction of sp³-hybridized carbons (Fsp3) is 0.435. The molecule has 2 bridgehead atoms. The summed E-state index contributed by atoms with van der Waals surface area (Å²) < 4.78 is 5.76. The fourth-order valence-electron chi connectivity index (χ4n) is 4.08. The van der Waals surface area contributed by atoms with E-state index in [2.05, 4.69) is 22.2 Å². The first-order chi connectivity index (χ1) is 14.4. The standard InChI is InChI=1S/C23H28N4O3/c1-15-4-6-18(8-21(15)25-22(28)19-7-5-16(2)24-9-19)23(29)27-11-17-10-26(3)20(12-27)14-30-13-17/h4-9,17,20H,10-14H2,1-3H3,(H,25,28)/t17-,20+/m1/s1. The molecule has 2 atom stereocenters. The van der Waals surface area contributed by atoms with Gasteiger partial charge in [-0.15, -0.1) is 0 Å². The largest absolute Gasteiger partial charge is 0.379 e. The molecule has 1 aromatic heterocycles. The molecule has 2 saturated heterocycles. The van der Waals surface area contributed by atoms with Crippen LogP contribution < -0.4 is 5.32 Å². The third-order valence-corrected chi connectivity index (χ3v) is 5.94. The zero-order valence-corrected chi connectivity index (χ0v) is 17.7.